The summed E-state index contributed by atoms with van der Waals surface area (Å²) in [6, 6.07) is 2.34. The van der Waals surface area contributed by atoms with E-state index in [1.807, 2.05) is 0 Å². The Morgan fingerprint density at radius 3 is 2.30 bits per heavy atom. The van der Waals surface area contributed by atoms with Crippen LogP contribution < -0.4 is 5.32 Å². The number of aliphatic hydroxyl groups is 4. The molecule has 17 nitrogen and oxygen atoms in total. The molecule has 4 aliphatic rings. The fourth-order valence-corrected chi connectivity index (χ4v) is 8.26. The average Bonchev–Trinajstić information content (AvgIpc) is 3.12. The number of Topliss-reactive ketones (excluding diaryl/α,β-unsaturated/α-hetero) is 3. The van der Waals surface area contributed by atoms with Gasteiger partial charge in [0.05, 0.1) is 41.9 Å². The molecule has 17 heteroatoms. The summed E-state index contributed by atoms with van der Waals surface area (Å²) >= 11 is 0. The lowest BCUT2D eigenvalue weighted by Crippen LogP contribution is -2.73. The normalized spacial score (nSPS) is 31.0. The van der Waals surface area contributed by atoms with Gasteiger partial charge in [-0.05, 0) is 43.5 Å². The molecule has 5 unspecified atom stereocenters. The van der Waals surface area contributed by atoms with Gasteiger partial charge < -0.3 is 59.6 Å². The number of hydrogen-bond acceptors (Lipinski definition) is 17. The van der Waals surface area contributed by atoms with Crippen LogP contribution in [0.4, 0.5) is 0 Å². The average molecular weight is 755 g/mol. The minimum absolute atomic E-state index is 0.00296. The molecule has 3 aliphatic carbocycles. The molecule has 1 saturated heterocycles. The summed E-state index contributed by atoms with van der Waals surface area (Å²) in [5.74, 6) is -6.23. The Kier molecular flexibility index (Phi) is 10.3. The molecule has 1 aliphatic heterocycles. The van der Waals surface area contributed by atoms with Crippen LogP contribution in [-0.4, -0.2) is 144 Å². The molecule has 290 valence electrons. The number of aliphatic hydroxyl groups excluding tert-OH is 3. The lowest BCUT2D eigenvalue weighted by atomic mass is 9.56. The Balaban J connectivity index is 1.56. The van der Waals surface area contributed by atoms with Gasteiger partial charge in [-0.2, -0.15) is 0 Å². The van der Waals surface area contributed by atoms with Gasteiger partial charge in [-0.15, -0.1) is 0 Å². The molecule has 0 aromatic heterocycles. The van der Waals surface area contributed by atoms with Gasteiger partial charge in [0, 0.05) is 57.6 Å². The molecular weight excluding hydrogens is 712 g/mol. The smallest absolute Gasteiger partial charge is 0.341 e. The molecule has 54 heavy (non-hydrogen) atoms. The Morgan fingerprint density at radius 1 is 1.00 bits per heavy atom. The highest BCUT2D eigenvalue weighted by Crippen LogP contribution is 2.56. The summed E-state index contributed by atoms with van der Waals surface area (Å²) < 4.78 is 27.3. The molecule has 1 heterocycles. The minimum atomic E-state index is -3.21. The molecular formula is C37H42N2O15. The molecule has 0 amide bonds. The summed E-state index contributed by atoms with van der Waals surface area (Å²) in [4.78, 5) is 61.1. The third-order valence-electron chi connectivity index (χ3n) is 10.8. The fourth-order valence-electron chi connectivity index (χ4n) is 8.26. The van der Waals surface area contributed by atoms with Crippen molar-refractivity contribution in [2.75, 3.05) is 41.6 Å². The molecule has 2 aromatic carbocycles. The first kappa shape index (κ1) is 39.1. The van der Waals surface area contributed by atoms with E-state index in [2.05, 4.69) is 10.3 Å². The maximum atomic E-state index is 14.8. The van der Waals surface area contributed by atoms with E-state index >= 15 is 0 Å². The van der Waals surface area contributed by atoms with E-state index in [4.69, 9.17) is 23.7 Å². The van der Waals surface area contributed by atoms with E-state index in [-0.39, 0.29) is 53.2 Å². The quantitative estimate of drug-likeness (QED) is 0.128. The first-order chi connectivity index (χ1) is 25.6. The van der Waals surface area contributed by atoms with Crippen molar-refractivity contribution >= 4 is 29.0 Å². The highest BCUT2D eigenvalue weighted by atomic mass is 16.6. The highest BCUT2D eigenvalue weighted by Gasteiger charge is 2.72. The van der Waals surface area contributed by atoms with Crippen molar-refractivity contribution < 1.29 is 73.5 Å². The summed E-state index contributed by atoms with van der Waals surface area (Å²) in [6.07, 6.45) is -5.74. The zero-order chi connectivity index (χ0) is 39.6. The van der Waals surface area contributed by atoms with E-state index in [1.54, 1.807) is 6.92 Å². The molecule has 6 rings (SSSR count). The van der Waals surface area contributed by atoms with Crippen LogP contribution in [0.3, 0.4) is 0 Å². The Hall–Kier alpha value is -4.59. The van der Waals surface area contributed by atoms with Crippen LogP contribution >= 0.6 is 0 Å². The number of phenols is 2. The van der Waals surface area contributed by atoms with Crippen molar-refractivity contribution in [1.29, 1.82) is 0 Å². The number of nitrogens with zero attached hydrogens (tertiary/aromatic N) is 1. The molecule has 8 atom stereocenters. The monoisotopic (exact) mass is 754 g/mol. The summed E-state index contributed by atoms with van der Waals surface area (Å²) in [7, 11) is 4.73. The fraction of sp³-hybridized carbons (Fsp3) is 0.486. The largest absolute Gasteiger partial charge is 0.507 e. The summed E-state index contributed by atoms with van der Waals surface area (Å²) in [5, 5.41) is 71.0. The Morgan fingerprint density at radius 2 is 1.69 bits per heavy atom. The third kappa shape index (κ3) is 5.33. The highest BCUT2D eigenvalue weighted by molar-refractivity contribution is 6.31. The van der Waals surface area contributed by atoms with Gasteiger partial charge >= 0.3 is 5.97 Å². The number of hydrogen-bond donors (Lipinski definition) is 7. The number of methoxy groups -OCH3 is 4. The number of aromatic hydroxyl groups is 2. The molecule has 0 bridgehead atoms. The number of phenolic OH excluding ortho intramolecular Hbond substituents is 2. The van der Waals surface area contributed by atoms with E-state index in [1.165, 1.54) is 33.3 Å². The first-order valence-corrected chi connectivity index (χ1v) is 17.1. The van der Waals surface area contributed by atoms with Crippen molar-refractivity contribution in [3.05, 3.63) is 68.4 Å². The van der Waals surface area contributed by atoms with Gasteiger partial charge in [0.15, 0.2) is 17.4 Å². The SMILES string of the molecule is COC(=O)c1c(C)cc2c(c1O)[C@]1(O)C(=O)c3cc4c(c(O)c3C(=O)[C@]1(OC)[C@H](O)C2)C(=NCCCO)C=C(NC1OC(C)C(OC)C(O)C1OC)C4=O. The number of aliphatic imine (C=N–C) groups is 1. The van der Waals surface area contributed by atoms with Crippen molar-refractivity contribution in [3.63, 3.8) is 0 Å². The predicted molar refractivity (Wildman–Crippen MR) is 185 cm³/mol. The second-order valence-electron chi connectivity index (χ2n) is 13.6. The van der Waals surface area contributed by atoms with E-state index < -0.39 is 111 Å². The van der Waals surface area contributed by atoms with Crippen molar-refractivity contribution in [1.82, 2.24) is 5.32 Å². The number of esters is 1. The Bertz CT molecular complexity index is 2010. The van der Waals surface area contributed by atoms with E-state index in [9.17, 15) is 49.8 Å². The number of fused-ring (bicyclic) bond motifs is 5. The summed E-state index contributed by atoms with van der Waals surface area (Å²) in [5.41, 5.74) is -9.08. The molecule has 0 saturated carbocycles. The number of aryl methyl sites for hydroxylation is 1. The van der Waals surface area contributed by atoms with E-state index in [0.29, 0.717) is 0 Å². The van der Waals surface area contributed by atoms with Crippen molar-refractivity contribution in [2.45, 2.75) is 74.6 Å². The number of allylic oxidation sites excluding steroid dienone is 2. The zero-order valence-corrected chi connectivity index (χ0v) is 30.3. The van der Waals surface area contributed by atoms with E-state index in [0.717, 1.165) is 20.3 Å². The number of benzene rings is 2. The predicted octanol–water partition coefficient (Wildman–Crippen LogP) is -0.261. The second-order valence-corrected chi connectivity index (χ2v) is 13.6. The third-order valence-corrected chi connectivity index (χ3v) is 10.8. The van der Waals surface area contributed by atoms with Crippen LogP contribution in [0.25, 0.3) is 0 Å². The van der Waals surface area contributed by atoms with Gasteiger partial charge in [-0.25, -0.2) is 4.79 Å². The number of ether oxygens (including phenoxy) is 5. The number of ketones is 3. The van der Waals surface area contributed by atoms with Crippen LogP contribution in [0.1, 0.15) is 77.0 Å². The molecule has 1 fully saturated rings. The number of carbonyl (C=O) groups is 4. The van der Waals surface area contributed by atoms with Crippen LogP contribution in [0.15, 0.2) is 28.9 Å². The van der Waals surface area contributed by atoms with Crippen molar-refractivity contribution in [3.8, 4) is 11.5 Å². The maximum absolute atomic E-state index is 14.8. The van der Waals surface area contributed by atoms with Crippen molar-refractivity contribution in [2.24, 2.45) is 4.99 Å². The molecule has 7 N–H and O–H groups in total. The van der Waals surface area contributed by atoms with Gasteiger partial charge in [0.25, 0.3) is 0 Å². The molecule has 2 aromatic rings. The standard InChI is InChI=1S/C37H42N2O15/c1-14-10-16-11-21(41)37(53-6)33(47)24-18(32(46)36(37,49)25(16)28(44)22(14)35(48)52-5)12-17-23(27(24)43)19(38-8-7-9-40)13-20(26(17)42)39-34-31(51-4)29(45)30(50-3)15(2)54-34/h10,12-13,15,21,29-31,34,39-41,43-45,49H,7-9,11H2,1-6H3/t15?,21-,29?,30?,31?,34?,36+,37-/m1/s1. The van der Waals surface area contributed by atoms with Crippen LogP contribution in [0.2, 0.25) is 0 Å². The van der Waals surface area contributed by atoms with Gasteiger partial charge in [-0.1, -0.05) is 6.07 Å². The van der Waals surface area contributed by atoms with Crippen LogP contribution in [0.5, 0.6) is 11.5 Å². The maximum Gasteiger partial charge on any atom is 0.341 e. The van der Waals surface area contributed by atoms with Gasteiger partial charge in [-0.3, -0.25) is 19.4 Å². The van der Waals surface area contributed by atoms with Gasteiger partial charge in [0.1, 0.15) is 35.4 Å². The van der Waals surface area contributed by atoms with Crippen LogP contribution in [0, 0.1) is 6.92 Å². The lowest BCUT2D eigenvalue weighted by molar-refractivity contribution is -0.236. The number of rotatable bonds is 9. The number of carbonyl (C=O) groups excluding carboxylic acids is 4. The second kappa shape index (κ2) is 14.2. The lowest BCUT2D eigenvalue weighted by Gasteiger charge is -2.53. The van der Waals surface area contributed by atoms with Crippen LogP contribution in [-0.2, 0) is 35.7 Å². The topological polar surface area (TPSA) is 260 Å². The first-order valence-electron chi connectivity index (χ1n) is 17.1. The Labute approximate surface area is 308 Å². The number of nitrogens with one attached hydrogen (secondary N) is 1. The van der Waals surface area contributed by atoms with Gasteiger partial charge in [0.2, 0.25) is 17.3 Å². The zero-order valence-electron chi connectivity index (χ0n) is 30.3. The minimum Gasteiger partial charge on any atom is -0.507 e. The molecule has 0 spiro atoms. The molecule has 0 radical (unpaired) electrons. The summed E-state index contributed by atoms with van der Waals surface area (Å²) in [6.45, 7) is 2.86.